The van der Waals surface area contributed by atoms with E-state index in [1.54, 1.807) is 24.4 Å². The Morgan fingerprint density at radius 2 is 1.76 bits per heavy atom. The van der Waals surface area contributed by atoms with E-state index >= 15 is 0 Å². The first-order valence-corrected chi connectivity index (χ1v) is 14.1. The minimum atomic E-state index is -2.86. The van der Waals surface area contributed by atoms with Gasteiger partial charge in [0.25, 0.3) is 0 Å². The number of rotatable bonds is 3. The van der Waals surface area contributed by atoms with E-state index in [4.69, 9.17) is 9.76 Å². The van der Waals surface area contributed by atoms with Gasteiger partial charge in [0.2, 0.25) is 5.95 Å². The summed E-state index contributed by atoms with van der Waals surface area (Å²) in [6, 6.07) is 21.9. The molecule has 2 amide bonds. The predicted molar refractivity (Wildman–Crippen MR) is 153 cm³/mol. The zero-order valence-electron chi connectivity index (χ0n) is 21.0. The summed E-state index contributed by atoms with van der Waals surface area (Å²) in [6.45, 7) is 2.59. The standard InChI is InChI=1S/C28H29N7O2S/c1-19-6-4-7-22(16-19)34-28(36)33-21-12-10-20(11-13-21)25-18-31-27-32-23-8-5-9-24(17-23)38(29,37)15-3-2-14-30-26(25)35-27/h4-13,16-18,29H,2-3,14-15H2,1H3,(H2,33,34,36)(H2,30,31,32,35). The molecule has 38 heavy (non-hydrogen) atoms. The summed E-state index contributed by atoms with van der Waals surface area (Å²) < 4.78 is 21.2. The summed E-state index contributed by atoms with van der Waals surface area (Å²) in [4.78, 5) is 22.1. The molecule has 0 saturated heterocycles. The van der Waals surface area contributed by atoms with Gasteiger partial charge in [0.05, 0.1) is 9.73 Å². The molecule has 1 aliphatic rings. The molecule has 0 fully saturated rings. The molecule has 0 radical (unpaired) electrons. The van der Waals surface area contributed by atoms with Gasteiger partial charge in [0.1, 0.15) is 5.82 Å². The normalized spacial score (nSPS) is 17.0. The van der Waals surface area contributed by atoms with Crippen LogP contribution >= 0.6 is 0 Å². The second kappa shape index (κ2) is 10.9. The quantitative estimate of drug-likeness (QED) is 0.208. The van der Waals surface area contributed by atoms with Crippen molar-refractivity contribution < 1.29 is 9.00 Å². The lowest BCUT2D eigenvalue weighted by atomic mass is 10.1. The number of nitrogens with zero attached hydrogens (tertiary/aromatic N) is 2. The fourth-order valence-corrected chi connectivity index (χ4v) is 5.66. The number of anilines is 5. The highest BCUT2D eigenvalue weighted by molar-refractivity contribution is 7.92. The molecule has 4 bridgehead atoms. The van der Waals surface area contributed by atoms with E-state index in [1.165, 1.54) is 0 Å². The Balaban J connectivity index is 1.35. The molecule has 0 saturated carbocycles. The van der Waals surface area contributed by atoms with Gasteiger partial charge >= 0.3 is 6.03 Å². The first kappa shape index (κ1) is 25.2. The van der Waals surface area contributed by atoms with E-state index in [9.17, 15) is 9.00 Å². The molecule has 2 heterocycles. The van der Waals surface area contributed by atoms with Crippen LogP contribution in [-0.2, 0) is 9.73 Å². The zero-order chi connectivity index (χ0) is 26.5. The second-order valence-electron chi connectivity index (χ2n) is 9.15. The maximum Gasteiger partial charge on any atom is 0.323 e. The zero-order valence-corrected chi connectivity index (χ0v) is 21.8. The summed E-state index contributed by atoms with van der Waals surface area (Å²) in [6.07, 6.45) is 3.16. The molecule has 1 aliphatic heterocycles. The molecule has 1 unspecified atom stereocenters. The monoisotopic (exact) mass is 527 g/mol. The van der Waals surface area contributed by atoms with Crippen LogP contribution in [0.5, 0.6) is 0 Å². The Morgan fingerprint density at radius 3 is 2.58 bits per heavy atom. The number of carbonyl (C=O) groups excluding carboxylic acids is 1. The minimum absolute atomic E-state index is 0.306. The van der Waals surface area contributed by atoms with Crippen molar-refractivity contribution in [1.29, 1.82) is 4.78 Å². The van der Waals surface area contributed by atoms with Crippen molar-refractivity contribution in [2.75, 3.05) is 33.6 Å². The van der Waals surface area contributed by atoms with Gasteiger partial charge in [-0.25, -0.2) is 18.8 Å². The van der Waals surface area contributed by atoms with E-state index in [1.807, 2.05) is 61.5 Å². The Labute approximate surface area is 222 Å². The van der Waals surface area contributed by atoms with Crippen molar-refractivity contribution in [3.8, 4) is 11.1 Å². The van der Waals surface area contributed by atoms with Crippen molar-refractivity contribution in [1.82, 2.24) is 9.97 Å². The molecule has 1 atom stereocenters. The number of hydrogen-bond acceptors (Lipinski definition) is 7. The average molecular weight is 528 g/mol. The van der Waals surface area contributed by atoms with Gasteiger partial charge in [0.15, 0.2) is 0 Å². The summed E-state index contributed by atoms with van der Waals surface area (Å²) in [7, 11) is -2.86. The lowest BCUT2D eigenvalue weighted by Gasteiger charge is -2.14. The van der Waals surface area contributed by atoms with E-state index < -0.39 is 9.73 Å². The van der Waals surface area contributed by atoms with Crippen molar-refractivity contribution in [3.05, 3.63) is 84.6 Å². The Bertz CT molecular complexity index is 1570. The molecule has 194 valence electrons. The maximum absolute atomic E-state index is 12.9. The second-order valence-corrected chi connectivity index (χ2v) is 11.4. The van der Waals surface area contributed by atoms with Gasteiger partial charge in [-0.2, -0.15) is 4.98 Å². The van der Waals surface area contributed by atoms with Crippen LogP contribution < -0.4 is 21.3 Å². The number of urea groups is 1. The molecule has 10 heteroatoms. The summed E-state index contributed by atoms with van der Waals surface area (Å²) in [5.41, 5.74) is 4.85. The molecular weight excluding hydrogens is 498 g/mol. The molecule has 1 aromatic heterocycles. The smallest absolute Gasteiger partial charge is 0.323 e. The fourth-order valence-electron chi connectivity index (χ4n) is 4.20. The van der Waals surface area contributed by atoms with Crippen LogP contribution in [0.25, 0.3) is 11.1 Å². The molecule has 0 spiro atoms. The fraction of sp³-hybridized carbons (Fsp3) is 0.179. The third kappa shape index (κ3) is 6.09. The van der Waals surface area contributed by atoms with Gasteiger partial charge in [0, 0.05) is 46.0 Å². The van der Waals surface area contributed by atoms with E-state index in [2.05, 4.69) is 26.3 Å². The Morgan fingerprint density at radius 1 is 0.974 bits per heavy atom. The molecule has 9 nitrogen and oxygen atoms in total. The van der Waals surface area contributed by atoms with Crippen molar-refractivity contribution in [2.24, 2.45) is 0 Å². The number of fused-ring (bicyclic) bond motifs is 4. The van der Waals surface area contributed by atoms with Crippen molar-refractivity contribution >= 4 is 44.6 Å². The highest BCUT2D eigenvalue weighted by atomic mass is 32.2. The number of hydrogen-bond donors (Lipinski definition) is 5. The highest BCUT2D eigenvalue weighted by Crippen LogP contribution is 2.29. The molecule has 0 aliphatic carbocycles. The van der Waals surface area contributed by atoms with Crippen LogP contribution in [0, 0.1) is 11.7 Å². The molecule has 4 aromatic rings. The van der Waals surface area contributed by atoms with Crippen LogP contribution in [0.15, 0.2) is 83.9 Å². The summed E-state index contributed by atoms with van der Waals surface area (Å²) in [5, 5.41) is 12.2. The number of carbonyl (C=O) groups is 1. The number of benzene rings is 3. The maximum atomic E-state index is 12.9. The van der Waals surface area contributed by atoms with Crippen LogP contribution in [0.4, 0.5) is 33.6 Å². The van der Waals surface area contributed by atoms with E-state index in [0.717, 1.165) is 28.8 Å². The Hall–Kier alpha value is -4.44. The van der Waals surface area contributed by atoms with Crippen molar-refractivity contribution in [3.63, 3.8) is 0 Å². The van der Waals surface area contributed by atoms with Crippen LogP contribution in [0.1, 0.15) is 18.4 Å². The van der Waals surface area contributed by atoms with Gasteiger partial charge in [-0.1, -0.05) is 30.3 Å². The van der Waals surface area contributed by atoms with Crippen LogP contribution in [0.2, 0.25) is 0 Å². The summed E-state index contributed by atoms with van der Waals surface area (Å²) >= 11 is 0. The summed E-state index contributed by atoms with van der Waals surface area (Å²) in [5.74, 6) is 1.37. The van der Waals surface area contributed by atoms with E-state index in [0.29, 0.717) is 46.8 Å². The lowest BCUT2D eigenvalue weighted by Crippen LogP contribution is -2.19. The van der Waals surface area contributed by atoms with Gasteiger partial charge in [-0.3, -0.25) is 0 Å². The van der Waals surface area contributed by atoms with Crippen LogP contribution in [0.3, 0.4) is 0 Å². The lowest BCUT2D eigenvalue weighted by molar-refractivity contribution is 0.262. The molecular formula is C28H29N7O2S. The number of aromatic nitrogens is 2. The first-order valence-electron chi connectivity index (χ1n) is 12.4. The van der Waals surface area contributed by atoms with Gasteiger partial charge in [-0.05, 0) is 73.4 Å². The minimum Gasteiger partial charge on any atom is -0.369 e. The highest BCUT2D eigenvalue weighted by Gasteiger charge is 2.15. The largest absolute Gasteiger partial charge is 0.369 e. The Kier molecular flexibility index (Phi) is 7.23. The first-order chi connectivity index (χ1) is 18.4. The van der Waals surface area contributed by atoms with Gasteiger partial charge < -0.3 is 21.3 Å². The molecule has 5 N–H and O–H groups in total. The van der Waals surface area contributed by atoms with Crippen molar-refractivity contribution in [2.45, 2.75) is 24.7 Å². The van der Waals surface area contributed by atoms with Crippen LogP contribution in [-0.4, -0.2) is 32.5 Å². The van der Waals surface area contributed by atoms with Gasteiger partial charge in [-0.15, -0.1) is 0 Å². The molecule has 5 rings (SSSR count). The number of amides is 2. The predicted octanol–water partition coefficient (Wildman–Crippen LogP) is 6.45. The number of nitrogens with one attached hydrogen (secondary N) is 5. The van der Waals surface area contributed by atoms with E-state index in [-0.39, 0.29) is 6.03 Å². The SMILES string of the molecule is Cc1cccc(NC(=O)Nc2ccc(-c3cnc4nc3NCCCCS(=N)(=O)c3cccc(c3)N4)cc2)c1. The average Bonchev–Trinajstić information content (AvgIpc) is 2.89. The molecule has 3 aromatic carbocycles. The number of aryl methyl sites for hydroxylation is 1. The third-order valence-corrected chi connectivity index (χ3v) is 8.02. The topological polar surface area (TPSA) is 132 Å². The third-order valence-electron chi connectivity index (χ3n) is 6.14.